The average Bonchev–Trinajstić information content (AvgIpc) is 2.72. The van der Waals surface area contributed by atoms with E-state index in [0.717, 1.165) is 38.5 Å². The van der Waals surface area contributed by atoms with Crippen molar-refractivity contribution in [1.29, 1.82) is 0 Å². The molecule has 178 valence electrons. The fourth-order valence-corrected chi connectivity index (χ4v) is 4.57. The average molecular weight is 459 g/mol. The number of phosphoric acid groups is 1. The van der Waals surface area contributed by atoms with E-state index in [-0.39, 0.29) is 31.0 Å². The quantitative estimate of drug-likeness (QED) is 0.0961. The first-order valence-corrected chi connectivity index (χ1v) is 14.2. The Hall–Kier alpha value is 1.11. The summed E-state index contributed by atoms with van der Waals surface area (Å²) in [6.07, 6.45) is 21.3. The van der Waals surface area contributed by atoms with Crippen LogP contribution in [0.3, 0.4) is 0 Å². The summed E-state index contributed by atoms with van der Waals surface area (Å²) in [6, 6.07) is 0. The van der Waals surface area contributed by atoms with Crippen molar-refractivity contribution >= 4 is 7.82 Å². The van der Waals surface area contributed by atoms with E-state index in [4.69, 9.17) is 13.6 Å². The van der Waals surface area contributed by atoms with Gasteiger partial charge in [-0.05, 0) is 19.3 Å². The van der Waals surface area contributed by atoms with E-state index in [9.17, 15) is 4.57 Å². The van der Waals surface area contributed by atoms with Crippen molar-refractivity contribution < 1.29 is 49.1 Å². The molecular formula is C24H52NaO4P. The molecule has 0 amide bonds. The summed E-state index contributed by atoms with van der Waals surface area (Å²) in [5, 5.41) is 0. The fraction of sp³-hybridized carbons (Fsp3) is 1.00. The summed E-state index contributed by atoms with van der Waals surface area (Å²) in [7, 11) is -3.40. The molecule has 0 atom stereocenters. The number of hydrogen-bond acceptors (Lipinski definition) is 4. The van der Waals surface area contributed by atoms with Crippen molar-refractivity contribution in [2.24, 2.45) is 0 Å². The van der Waals surface area contributed by atoms with Gasteiger partial charge in [-0.2, -0.15) is 0 Å². The molecule has 0 unspecified atom stereocenters. The Kier molecular flexibility index (Phi) is 29.2. The molecule has 0 saturated carbocycles. The molecule has 0 N–H and O–H groups in total. The Morgan fingerprint density at radius 1 is 0.467 bits per heavy atom. The second-order valence-corrected chi connectivity index (χ2v) is 9.92. The molecule has 0 bridgehead atoms. The van der Waals surface area contributed by atoms with Gasteiger partial charge in [0.15, 0.2) is 0 Å². The Balaban J connectivity index is -0.00000392. The minimum absolute atomic E-state index is 0. The number of phosphoric ester groups is 1. The Bertz CT molecular complexity index is 323. The summed E-state index contributed by atoms with van der Waals surface area (Å²) in [6.45, 7) is 8.08. The third-order valence-corrected chi connectivity index (χ3v) is 6.74. The van der Waals surface area contributed by atoms with Crippen LogP contribution in [0, 0.1) is 0 Å². The van der Waals surface area contributed by atoms with E-state index in [1.807, 2.05) is 0 Å². The Morgan fingerprint density at radius 3 is 0.967 bits per heavy atom. The molecule has 0 saturated heterocycles. The summed E-state index contributed by atoms with van der Waals surface area (Å²) in [5.74, 6) is 0. The van der Waals surface area contributed by atoms with Crippen LogP contribution in [0.2, 0.25) is 0 Å². The predicted octanol–water partition coefficient (Wildman–Crippen LogP) is 6.34. The van der Waals surface area contributed by atoms with Crippen molar-refractivity contribution in [2.45, 2.75) is 136 Å². The second-order valence-electron chi connectivity index (χ2n) is 8.25. The normalized spacial score (nSPS) is 11.6. The minimum atomic E-state index is -3.40. The molecule has 0 rings (SSSR count). The molecule has 0 heterocycles. The molecule has 0 aliphatic heterocycles. The third-order valence-electron chi connectivity index (χ3n) is 5.24. The molecule has 0 spiro atoms. The van der Waals surface area contributed by atoms with E-state index < -0.39 is 7.82 Å². The second kappa shape index (κ2) is 26.4. The molecule has 0 aromatic carbocycles. The van der Waals surface area contributed by atoms with E-state index >= 15 is 0 Å². The zero-order chi connectivity index (χ0) is 21.5. The molecule has 0 aliphatic rings. The smallest absolute Gasteiger partial charge is 1.00 e. The van der Waals surface area contributed by atoms with Gasteiger partial charge >= 0.3 is 37.4 Å². The van der Waals surface area contributed by atoms with Crippen LogP contribution in [0.25, 0.3) is 0 Å². The predicted molar refractivity (Wildman–Crippen MR) is 127 cm³/mol. The van der Waals surface area contributed by atoms with E-state index in [1.165, 1.54) is 77.0 Å². The maximum absolute atomic E-state index is 13.0. The monoisotopic (exact) mass is 458 g/mol. The van der Waals surface area contributed by atoms with E-state index in [1.54, 1.807) is 0 Å². The SMILES string of the molecule is CCCCCCCCOP(=O)(OCCCCCCCC)OCCCCCCCC.[H-].[Na+]. The Labute approximate surface area is 212 Å². The van der Waals surface area contributed by atoms with Crippen LogP contribution >= 0.6 is 7.82 Å². The summed E-state index contributed by atoms with van der Waals surface area (Å²) >= 11 is 0. The Morgan fingerprint density at radius 2 is 0.700 bits per heavy atom. The van der Waals surface area contributed by atoms with Crippen molar-refractivity contribution in [2.75, 3.05) is 19.8 Å². The van der Waals surface area contributed by atoms with E-state index in [0.29, 0.717) is 19.8 Å². The van der Waals surface area contributed by atoms with Crippen LogP contribution in [-0.2, 0) is 18.1 Å². The topological polar surface area (TPSA) is 44.8 Å². The van der Waals surface area contributed by atoms with Crippen LogP contribution in [0.4, 0.5) is 0 Å². The zero-order valence-electron chi connectivity index (χ0n) is 21.9. The molecule has 4 nitrogen and oxygen atoms in total. The molecule has 6 heteroatoms. The maximum Gasteiger partial charge on any atom is 1.00 e. The summed E-state index contributed by atoms with van der Waals surface area (Å²) in [5.41, 5.74) is 0. The number of rotatable bonds is 24. The van der Waals surface area contributed by atoms with Crippen molar-refractivity contribution in [1.82, 2.24) is 0 Å². The van der Waals surface area contributed by atoms with Gasteiger partial charge in [-0.15, -0.1) is 0 Å². The third kappa shape index (κ3) is 23.8. The van der Waals surface area contributed by atoms with Gasteiger partial charge in [-0.25, -0.2) is 4.57 Å². The molecular weight excluding hydrogens is 406 g/mol. The molecule has 0 aliphatic carbocycles. The van der Waals surface area contributed by atoms with Gasteiger partial charge in [-0.1, -0.05) is 117 Å². The van der Waals surface area contributed by atoms with Gasteiger partial charge in [0.25, 0.3) is 0 Å². The van der Waals surface area contributed by atoms with E-state index in [2.05, 4.69) is 20.8 Å². The summed E-state index contributed by atoms with van der Waals surface area (Å²) in [4.78, 5) is 0. The zero-order valence-corrected chi connectivity index (χ0v) is 23.8. The van der Waals surface area contributed by atoms with Crippen LogP contribution in [-0.4, -0.2) is 19.8 Å². The molecule has 0 aromatic heterocycles. The molecule has 0 radical (unpaired) electrons. The molecule has 30 heavy (non-hydrogen) atoms. The number of hydrogen-bond donors (Lipinski definition) is 0. The summed E-state index contributed by atoms with van der Waals surface area (Å²) < 4.78 is 29.9. The maximum atomic E-state index is 13.0. The first-order chi connectivity index (χ1) is 14.2. The van der Waals surface area contributed by atoms with Gasteiger partial charge in [-0.3, -0.25) is 13.6 Å². The van der Waals surface area contributed by atoms with Gasteiger partial charge in [0.2, 0.25) is 0 Å². The molecule has 0 fully saturated rings. The van der Waals surface area contributed by atoms with Crippen LogP contribution in [0.15, 0.2) is 0 Å². The van der Waals surface area contributed by atoms with Crippen LogP contribution in [0.5, 0.6) is 0 Å². The molecule has 0 aromatic rings. The van der Waals surface area contributed by atoms with Gasteiger partial charge in [0.1, 0.15) is 0 Å². The van der Waals surface area contributed by atoms with Crippen LogP contribution in [0.1, 0.15) is 138 Å². The largest absolute Gasteiger partial charge is 1.00 e. The van der Waals surface area contributed by atoms with Crippen molar-refractivity contribution in [3.05, 3.63) is 0 Å². The minimum Gasteiger partial charge on any atom is -1.00 e. The van der Waals surface area contributed by atoms with Crippen molar-refractivity contribution in [3.63, 3.8) is 0 Å². The first kappa shape index (κ1) is 33.3. The van der Waals surface area contributed by atoms with Crippen molar-refractivity contribution in [3.8, 4) is 0 Å². The van der Waals surface area contributed by atoms with Gasteiger partial charge < -0.3 is 1.43 Å². The standard InChI is InChI=1S/C24H51O4P.Na.H/c1-4-7-10-13-16-19-22-26-29(25,27-23-20-17-14-11-8-5-2)28-24-21-18-15-12-9-6-3;;/h4-24H2,1-3H3;;/q;+1;-1. The first-order valence-electron chi connectivity index (χ1n) is 12.7. The fourth-order valence-electron chi connectivity index (χ4n) is 3.29. The van der Waals surface area contributed by atoms with Gasteiger partial charge in [0, 0.05) is 0 Å². The van der Waals surface area contributed by atoms with Gasteiger partial charge in [0.05, 0.1) is 19.8 Å². The van der Waals surface area contributed by atoms with Crippen LogP contribution < -0.4 is 29.6 Å². The number of unbranched alkanes of at least 4 members (excludes halogenated alkanes) is 15.